The van der Waals surface area contributed by atoms with Crippen molar-refractivity contribution >= 4 is 55.7 Å². The van der Waals surface area contributed by atoms with Gasteiger partial charge in [-0.1, -0.05) is 28.4 Å². The SMILES string of the molecule is CCn1c(=O)c2nnc(-c3ncc(Cl)cc3NS(=O)(=O)c3ccc(Cl)c(C)c3)n2c2nocc21. The minimum atomic E-state index is -4.05. The summed E-state index contributed by atoms with van der Waals surface area (Å²) < 4.78 is 36.6. The summed E-state index contributed by atoms with van der Waals surface area (Å²) in [4.78, 5) is 17.2. The first-order chi connectivity index (χ1) is 16.2. The van der Waals surface area contributed by atoms with Crippen LogP contribution in [0.15, 0.2) is 50.9 Å². The Morgan fingerprint density at radius 1 is 1.15 bits per heavy atom. The van der Waals surface area contributed by atoms with Gasteiger partial charge in [-0.3, -0.25) is 14.1 Å². The fraction of sp³-hybridized carbons (Fsp3) is 0.150. The lowest BCUT2D eigenvalue weighted by atomic mass is 10.2. The Labute approximate surface area is 202 Å². The Morgan fingerprint density at radius 3 is 2.68 bits per heavy atom. The second kappa shape index (κ2) is 8.08. The molecule has 0 radical (unpaired) electrons. The largest absolute Gasteiger partial charge is 0.360 e. The van der Waals surface area contributed by atoms with Gasteiger partial charge in [0.1, 0.15) is 17.5 Å². The van der Waals surface area contributed by atoms with Crippen LogP contribution < -0.4 is 10.3 Å². The molecule has 4 aromatic heterocycles. The van der Waals surface area contributed by atoms with Gasteiger partial charge in [-0.2, -0.15) is 0 Å². The number of hydrogen-bond acceptors (Lipinski definition) is 8. The van der Waals surface area contributed by atoms with E-state index in [0.29, 0.717) is 22.6 Å². The van der Waals surface area contributed by atoms with Gasteiger partial charge in [0.05, 0.1) is 15.6 Å². The van der Waals surface area contributed by atoms with Crippen molar-refractivity contribution in [2.45, 2.75) is 25.3 Å². The number of fused-ring (bicyclic) bond motifs is 3. The molecule has 11 nitrogen and oxygen atoms in total. The van der Waals surface area contributed by atoms with E-state index >= 15 is 0 Å². The topological polar surface area (TPSA) is 137 Å². The summed E-state index contributed by atoms with van der Waals surface area (Å²) in [5, 5.41) is 12.7. The maximum absolute atomic E-state index is 13.1. The Morgan fingerprint density at radius 2 is 1.94 bits per heavy atom. The monoisotopic (exact) mass is 519 g/mol. The first-order valence-corrected chi connectivity index (χ1v) is 12.1. The van der Waals surface area contributed by atoms with Crippen molar-refractivity contribution < 1.29 is 12.9 Å². The molecular formula is C20H15Cl2N7O4S. The summed E-state index contributed by atoms with van der Waals surface area (Å²) in [7, 11) is -4.05. The predicted octanol–water partition coefficient (Wildman–Crippen LogP) is 3.53. The first kappa shape index (κ1) is 22.3. The number of hydrogen-bond donors (Lipinski definition) is 1. The highest BCUT2D eigenvalue weighted by Gasteiger charge is 2.24. The summed E-state index contributed by atoms with van der Waals surface area (Å²) in [6.45, 7) is 3.86. The number of nitrogens with one attached hydrogen (secondary N) is 1. The van der Waals surface area contributed by atoms with Crippen molar-refractivity contribution in [3.63, 3.8) is 0 Å². The van der Waals surface area contributed by atoms with E-state index in [1.165, 1.54) is 45.7 Å². The summed E-state index contributed by atoms with van der Waals surface area (Å²) in [5.41, 5.74) is 0.985. The lowest BCUT2D eigenvalue weighted by Crippen LogP contribution is -2.22. The van der Waals surface area contributed by atoms with Crippen LogP contribution >= 0.6 is 23.2 Å². The molecule has 174 valence electrons. The average Bonchev–Trinajstić information content (AvgIpc) is 3.43. The Kier molecular flexibility index (Phi) is 5.30. The molecule has 0 unspecified atom stereocenters. The molecule has 34 heavy (non-hydrogen) atoms. The molecule has 0 bridgehead atoms. The van der Waals surface area contributed by atoms with Crippen LogP contribution in [0.3, 0.4) is 0 Å². The molecule has 14 heteroatoms. The third kappa shape index (κ3) is 3.50. The third-order valence-corrected chi connectivity index (χ3v) is 7.20. The van der Waals surface area contributed by atoms with Crippen molar-refractivity contribution in [1.29, 1.82) is 0 Å². The molecule has 0 spiro atoms. The molecule has 0 saturated carbocycles. The summed E-state index contributed by atoms with van der Waals surface area (Å²) in [6.07, 6.45) is 2.67. The van der Waals surface area contributed by atoms with Gasteiger partial charge >= 0.3 is 0 Å². The van der Waals surface area contributed by atoms with Crippen molar-refractivity contribution in [1.82, 2.24) is 29.3 Å². The lowest BCUT2D eigenvalue weighted by molar-refractivity contribution is 0.425. The third-order valence-electron chi connectivity index (χ3n) is 5.20. The quantitative estimate of drug-likeness (QED) is 0.372. The van der Waals surface area contributed by atoms with Gasteiger partial charge in [0.25, 0.3) is 15.6 Å². The Bertz CT molecular complexity index is 1760. The number of sulfonamides is 1. The van der Waals surface area contributed by atoms with E-state index in [-0.39, 0.29) is 38.4 Å². The number of nitrogens with zero attached hydrogens (tertiary/aromatic N) is 6. The van der Waals surface area contributed by atoms with E-state index in [1.54, 1.807) is 13.8 Å². The van der Waals surface area contributed by atoms with Gasteiger partial charge in [0.15, 0.2) is 5.82 Å². The number of rotatable bonds is 5. The molecule has 0 aliphatic heterocycles. The molecule has 0 aliphatic carbocycles. The fourth-order valence-electron chi connectivity index (χ4n) is 3.57. The molecule has 0 saturated heterocycles. The maximum atomic E-state index is 13.1. The van der Waals surface area contributed by atoms with Gasteiger partial charge < -0.3 is 4.52 Å². The Hall–Kier alpha value is -3.48. The van der Waals surface area contributed by atoms with Gasteiger partial charge in [-0.25, -0.2) is 17.8 Å². The zero-order valence-corrected chi connectivity index (χ0v) is 20.0. The first-order valence-electron chi connectivity index (χ1n) is 9.88. The van der Waals surface area contributed by atoms with Gasteiger partial charge in [-0.15, -0.1) is 10.2 Å². The number of benzene rings is 1. The molecule has 0 amide bonds. The highest BCUT2D eigenvalue weighted by molar-refractivity contribution is 7.92. The van der Waals surface area contributed by atoms with Crippen LogP contribution in [0.2, 0.25) is 10.0 Å². The highest BCUT2D eigenvalue weighted by Crippen LogP contribution is 2.31. The van der Waals surface area contributed by atoms with E-state index in [4.69, 9.17) is 27.7 Å². The molecule has 0 fully saturated rings. The maximum Gasteiger partial charge on any atom is 0.296 e. The van der Waals surface area contributed by atoms with Crippen LogP contribution in [-0.2, 0) is 16.6 Å². The summed E-state index contributed by atoms with van der Waals surface area (Å²) >= 11 is 12.2. The zero-order chi connectivity index (χ0) is 24.2. The number of aryl methyl sites for hydroxylation is 2. The number of anilines is 1. The van der Waals surface area contributed by atoms with Crippen LogP contribution in [0.25, 0.3) is 28.3 Å². The second-order valence-electron chi connectivity index (χ2n) is 7.32. The average molecular weight is 520 g/mol. The number of aromatic nitrogens is 6. The van der Waals surface area contributed by atoms with E-state index in [0.717, 1.165) is 0 Å². The minimum absolute atomic E-state index is 0.00356. The standard InChI is InChI=1S/C20H15Cl2N7O4S/c1-3-28-15-9-33-26-17(15)29-18(24-25-19(29)20(28)30)16-14(7-11(21)8-23-16)27-34(31,32)12-4-5-13(22)10(2)6-12/h4-9,27H,3H2,1-2H3. The molecule has 0 aliphatic rings. The van der Waals surface area contributed by atoms with Gasteiger partial charge in [0.2, 0.25) is 11.3 Å². The molecule has 5 rings (SSSR count). The van der Waals surface area contributed by atoms with E-state index in [9.17, 15) is 13.2 Å². The van der Waals surface area contributed by atoms with Crippen molar-refractivity contribution in [2.24, 2.45) is 0 Å². The Balaban J connectivity index is 1.72. The van der Waals surface area contributed by atoms with E-state index in [1.807, 2.05) is 0 Å². The van der Waals surface area contributed by atoms with Crippen molar-refractivity contribution in [3.05, 3.63) is 62.7 Å². The van der Waals surface area contributed by atoms with Crippen LogP contribution in [-0.4, -0.2) is 37.7 Å². The van der Waals surface area contributed by atoms with Crippen LogP contribution in [0.1, 0.15) is 12.5 Å². The van der Waals surface area contributed by atoms with Crippen molar-refractivity contribution in [2.75, 3.05) is 4.72 Å². The second-order valence-corrected chi connectivity index (χ2v) is 9.85. The van der Waals surface area contributed by atoms with Crippen LogP contribution in [0.4, 0.5) is 5.69 Å². The molecular weight excluding hydrogens is 505 g/mol. The molecule has 0 atom stereocenters. The highest BCUT2D eigenvalue weighted by atomic mass is 35.5. The normalized spacial score (nSPS) is 12.0. The number of pyridine rings is 1. The van der Waals surface area contributed by atoms with Crippen molar-refractivity contribution in [3.8, 4) is 11.5 Å². The smallest absolute Gasteiger partial charge is 0.296 e. The van der Waals surface area contributed by atoms with Crippen LogP contribution in [0.5, 0.6) is 0 Å². The number of halogens is 2. The lowest BCUT2D eigenvalue weighted by Gasteiger charge is -2.13. The minimum Gasteiger partial charge on any atom is -0.360 e. The molecule has 4 heterocycles. The van der Waals surface area contributed by atoms with E-state index < -0.39 is 15.6 Å². The molecule has 5 aromatic rings. The van der Waals surface area contributed by atoms with Crippen LogP contribution in [0, 0.1) is 6.92 Å². The van der Waals surface area contributed by atoms with Gasteiger partial charge in [-0.05, 0) is 43.7 Å². The zero-order valence-electron chi connectivity index (χ0n) is 17.7. The predicted molar refractivity (Wildman–Crippen MR) is 126 cm³/mol. The van der Waals surface area contributed by atoms with Gasteiger partial charge in [0, 0.05) is 17.8 Å². The molecule has 1 N–H and O–H groups in total. The fourth-order valence-corrected chi connectivity index (χ4v) is 4.99. The molecule has 1 aromatic carbocycles. The van der Waals surface area contributed by atoms with E-state index in [2.05, 4.69) is 25.1 Å². The summed E-state index contributed by atoms with van der Waals surface area (Å²) in [6, 6.07) is 5.71. The summed E-state index contributed by atoms with van der Waals surface area (Å²) in [5.74, 6) is 0.0795.